The molecule has 6 nitrogen and oxygen atoms in total. The SMILES string of the molecule is COCCn1c(CN2CCNCC2)nc2cc(OC)ccc21. The minimum absolute atomic E-state index is 0.687. The number of nitrogens with zero attached hydrogens (tertiary/aromatic N) is 3. The number of imidazole rings is 1. The number of methoxy groups -OCH3 is 2. The van der Waals surface area contributed by atoms with Crippen LogP contribution < -0.4 is 10.1 Å². The number of nitrogens with one attached hydrogen (secondary N) is 1. The molecule has 1 N–H and O–H groups in total. The van der Waals surface area contributed by atoms with E-state index in [1.54, 1.807) is 14.2 Å². The van der Waals surface area contributed by atoms with Crippen LogP contribution in [-0.4, -0.2) is 61.5 Å². The van der Waals surface area contributed by atoms with Crippen LogP contribution >= 0.6 is 0 Å². The molecule has 0 spiro atoms. The predicted octanol–water partition coefficient (Wildman–Crippen LogP) is 1.10. The summed E-state index contributed by atoms with van der Waals surface area (Å²) in [5, 5.41) is 3.39. The van der Waals surface area contributed by atoms with E-state index in [2.05, 4.69) is 20.9 Å². The van der Waals surface area contributed by atoms with Gasteiger partial charge in [0, 0.05) is 45.9 Å². The minimum Gasteiger partial charge on any atom is -0.497 e. The molecule has 2 aromatic rings. The van der Waals surface area contributed by atoms with Crippen molar-refractivity contribution in [3.05, 3.63) is 24.0 Å². The fourth-order valence-corrected chi connectivity index (χ4v) is 2.91. The molecule has 1 aromatic heterocycles. The normalized spacial score (nSPS) is 16.3. The topological polar surface area (TPSA) is 51.5 Å². The molecule has 120 valence electrons. The average molecular weight is 304 g/mol. The molecule has 0 saturated carbocycles. The number of rotatable bonds is 6. The second-order valence-corrected chi connectivity index (χ2v) is 5.55. The van der Waals surface area contributed by atoms with Crippen molar-refractivity contribution < 1.29 is 9.47 Å². The molecule has 0 radical (unpaired) electrons. The van der Waals surface area contributed by atoms with Crippen LogP contribution in [0.1, 0.15) is 5.82 Å². The Balaban J connectivity index is 1.91. The quantitative estimate of drug-likeness (QED) is 0.866. The van der Waals surface area contributed by atoms with Crippen LogP contribution in [0.2, 0.25) is 0 Å². The predicted molar refractivity (Wildman–Crippen MR) is 86.3 cm³/mol. The molecule has 2 heterocycles. The van der Waals surface area contributed by atoms with Crippen molar-refractivity contribution in [2.24, 2.45) is 0 Å². The zero-order valence-electron chi connectivity index (χ0n) is 13.3. The maximum Gasteiger partial charge on any atom is 0.124 e. The first kappa shape index (κ1) is 15.3. The van der Waals surface area contributed by atoms with Crippen LogP contribution in [-0.2, 0) is 17.8 Å². The summed E-state index contributed by atoms with van der Waals surface area (Å²) in [6.45, 7) is 6.61. The minimum atomic E-state index is 0.687. The number of hydrogen-bond donors (Lipinski definition) is 1. The number of fused-ring (bicyclic) bond motifs is 1. The van der Waals surface area contributed by atoms with Crippen LogP contribution in [0.3, 0.4) is 0 Å². The standard InChI is InChI=1S/C16H24N4O2/c1-21-10-9-20-15-4-3-13(22-2)11-14(15)18-16(20)12-19-7-5-17-6-8-19/h3-4,11,17H,5-10,12H2,1-2H3. The van der Waals surface area contributed by atoms with Crippen molar-refractivity contribution in [1.29, 1.82) is 0 Å². The summed E-state index contributed by atoms with van der Waals surface area (Å²) in [6, 6.07) is 6.07. The lowest BCUT2D eigenvalue weighted by Crippen LogP contribution is -2.43. The van der Waals surface area contributed by atoms with E-state index in [1.165, 1.54) is 0 Å². The smallest absolute Gasteiger partial charge is 0.124 e. The number of hydrogen-bond acceptors (Lipinski definition) is 5. The van der Waals surface area contributed by atoms with Crippen molar-refractivity contribution in [3.63, 3.8) is 0 Å². The van der Waals surface area contributed by atoms with Gasteiger partial charge in [0.15, 0.2) is 0 Å². The van der Waals surface area contributed by atoms with Crippen molar-refractivity contribution >= 4 is 11.0 Å². The summed E-state index contributed by atoms with van der Waals surface area (Å²) in [7, 11) is 3.42. The van der Waals surface area contributed by atoms with E-state index >= 15 is 0 Å². The number of piperazine rings is 1. The van der Waals surface area contributed by atoms with Crippen LogP contribution in [0.4, 0.5) is 0 Å². The fraction of sp³-hybridized carbons (Fsp3) is 0.562. The molecule has 0 atom stereocenters. The van der Waals surface area contributed by atoms with Gasteiger partial charge in [-0.25, -0.2) is 4.98 Å². The third-order valence-electron chi connectivity index (χ3n) is 4.13. The van der Waals surface area contributed by atoms with E-state index in [4.69, 9.17) is 14.5 Å². The molecule has 1 aromatic carbocycles. The van der Waals surface area contributed by atoms with Gasteiger partial charge in [0.05, 0.1) is 31.3 Å². The summed E-state index contributed by atoms with van der Waals surface area (Å²) in [5.41, 5.74) is 2.13. The molecular formula is C16H24N4O2. The van der Waals surface area contributed by atoms with Crippen LogP contribution in [0, 0.1) is 0 Å². The number of aromatic nitrogens is 2. The van der Waals surface area contributed by atoms with Gasteiger partial charge >= 0.3 is 0 Å². The fourth-order valence-electron chi connectivity index (χ4n) is 2.91. The molecule has 0 unspecified atom stereocenters. The Morgan fingerprint density at radius 2 is 2.05 bits per heavy atom. The van der Waals surface area contributed by atoms with Crippen molar-refractivity contribution in [1.82, 2.24) is 19.8 Å². The molecule has 0 amide bonds. The molecule has 6 heteroatoms. The summed E-state index contributed by atoms with van der Waals surface area (Å²) in [6.07, 6.45) is 0. The summed E-state index contributed by atoms with van der Waals surface area (Å²) in [5.74, 6) is 1.94. The van der Waals surface area contributed by atoms with Crippen molar-refractivity contribution in [2.75, 3.05) is 47.0 Å². The zero-order valence-corrected chi connectivity index (χ0v) is 13.3. The first-order valence-corrected chi connectivity index (χ1v) is 7.77. The Hall–Kier alpha value is -1.63. The van der Waals surface area contributed by atoms with Gasteiger partial charge in [0.25, 0.3) is 0 Å². The van der Waals surface area contributed by atoms with Gasteiger partial charge < -0.3 is 19.4 Å². The Kier molecular flexibility index (Phi) is 4.92. The maximum atomic E-state index is 5.31. The third kappa shape index (κ3) is 3.24. The molecule has 1 aliphatic heterocycles. The molecule has 22 heavy (non-hydrogen) atoms. The average Bonchev–Trinajstić information content (AvgIpc) is 2.90. The molecule has 1 saturated heterocycles. The lowest BCUT2D eigenvalue weighted by Gasteiger charge is -2.27. The molecule has 1 aliphatic rings. The molecule has 1 fully saturated rings. The lowest BCUT2D eigenvalue weighted by molar-refractivity contribution is 0.183. The highest BCUT2D eigenvalue weighted by molar-refractivity contribution is 5.77. The first-order chi connectivity index (χ1) is 10.8. The van der Waals surface area contributed by atoms with E-state index in [0.29, 0.717) is 6.61 Å². The Morgan fingerprint density at radius 1 is 1.23 bits per heavy atom. The Labute approximate surface area is 131 Å². The molecule has 3 rings (SSSR count). The monoisotopic (exact) mass is 304 g/mol. The van der Waals surface area contributed by atoms with E-state index in [-0.39, 0.29) is 0 Å². The van der Waals surface area contributed by atoms with Gasteiger partial charge in [0.1, 0.15) is 11.6 Å². The van der Waals surface area contributed by atoms with Crippen molar-refractivity contribution in [3.8, 4) is 5.75 Å². The first-order valence-electron chi connectivity index (χ1n) is 7.77. The highest BCUT2D eigenvalue weighted by Crippen LogP contribution is 2.22. The molecule has 0 bridgehead atoms. The molecule has 0 aliphatic carbocycles. The second-order valence-electron chi connectivity index (χ2n) is 5.55. The highest BCUT2D eigenvalue weighted by Gasteiger charge is 2.16. The Morgan fingerprint density at radius 3 is 2.77 bits per heavy atom. The molecular weight excluding hydrogens is 280 g/mol. The summed E-state index contributed by atoms with van der Waals surface area (Å²) >= 11 is 0. The van der Waals surface area contributed by atoms with E-state index in [0.717, 1.165) is 61.9 Å². The maximum absolute atomic E-state index is 5.31. The van der Waals surface area contributed by atoms with Gasteiger partial charge in [-0.15, -0.1) is 0 Å². The highest BCUT2D eigenvalue weighted by atomic mass is 16.5. The van der Waals surface area contributed by atoms with E-state index in [1.807, 2.05) is 12.1 Å². The van der Waals surface area contributed by atoms with Gasteiger partial charge in [-0.1, -0.05) is 0 Å². The van der Waals surface area contributed by atoms with Gasteiger partial charge in [-0.3, -0.25) is 4.90 Å². The third-order valence-corrected chi connectivity index (χ3v) is 4.13. The lowest BCUT2D eigenvalue weighted by atomic mass is 10.3. The van der Waals surface area contributed by atoms with Crippen LogP contribution in [0.15, 0.2) is 18.2 Å². The van der Waals surface area contributed by atoms with Crippen LogP contribution in [0.25, 0.3) is 11.0 Å². The number of ether oxygens (including phenoxy) is 2. The second kappa shape index (κ2) is 7.09. The largest absolute Gasteiger partial charge is 0.497 e. The van der Waals surface area contributed by atoms with E-state index < -0.39 is 0 Å². The zero-order chi connectivity index (χ0) is 15.4. The van der Waals surface area contributed by atoms with Crippen LogP contribution in [0.5, 0.6) is 5.75 Å². The van der Waals surface area contributed by atoms with Crippen molar-refractivity contribution in [2.45, 2.75) is 13.1 Å². The van der Waals surface area contributed by atoms with Gasteiger partial charge in [-0.05, 0) is 12.1 Å². The Bertz CT molecular complexity index is 620. The van der Waals surface area contributed by atoms with E-state index in [9.17, 15) is 0 Å². The van der Waals surface area contributed by atoms with Gasteiger partial charge in [0.2, 0.25) is 0 Å². The number of benzene rings is 1. The summed E-state index contributed by atoms with van der Waals surface area (Å²) in [4.78, 5) is 7.28. The summed E-state index contributed by atoms with van der Waals surface area (Å²) < 4.78 is 12.8. The van der Waals surface area contributed by atoms with Gasteiger partial charge in [-0.2, -0.15) is 0 Å².